The fourth-order valence-electron chi connectivity index (χ4n) is 4.12. The van der Waals surface area contributed by atoms with E-state index in [-0.39, 0.29) is 12.0 Å². The standard InChI is InChI=1S/C23H29N7O2/c1-15(31)26-18-5-3-4-16(12-18)13-24-22-28-23(32-19-8-10-29(2)11-9-19)27-21-20(17-6-7-17)14-25-30(21)22/h3-5,12,14,17,19H,6-11,13H2,1-2H3,(H,26,31)(H,24,27,28). The zero-order valence-electron chi connectivity index (χ0n) is 18.5. The number of piperidine rings is 1. The summed E-state index contributed by atoms with van der Waals surface area (Å²) in [4.78, 5) is 23.1. The second kappa shape index (κ2) is 8.74. The molecule has 0 unspecified atom stereocenters. The summed E-state index contributed by atoms with van der Waals surface area (Å²) >= 11 is 0. The average molecular weight is 436 g/mol. The van der Waals surface area contributed by atoms with Crippen LogP contribution in [0.15, 0.2) is 30.5 Å². The van der Waals surface area contributed by atoms with Crippen LogP contribution in [-0.2, 0) is 11.3 Å². The largest absolute Gasteiger partial charge is 0.460 e. The summed E-state index contributed by atoms with van der Waals surface area (Å²) in [6.07, 6.45) is 6.33. The van der Waals surface area contributed by atoms with Crippen LogP contribution < -0.4 is 15.4 Å². The minimum absolute atomic E-state index is 0.0903. The number of benzene rings is 1. The highest BCUT2D eigenvalue weighted by atomic mass is 16.5. The molecule has 0 radical (unpaired) electrons. The highest BCUT2D eigenvalue weighted by Crippen LogP contribution is 2.42. The van der Waals surface area contributed by atoms with Crippen LogP contribution >= 0.6 is 0 Å². The Hall–Kier alpha value is -3.20. The molecule has 1 aromatic carbocycles. The molecule has 2 fully saturated rings. The number of ether oxygens (including phenoxy) is 1. The molecule has 2 N–H and O–H groups in total. The maximum Gasteiger partial charge on any atom is 0.322 e. The smallest absolute Gasteiger partial charge is 0.322 e. The third kappa shape index (κ3) is 4.67. The lowest BCUT2D eigenvalue weighted by Gasteiger charge is -2.28. The van der Waals surface area contributed by atoms with Crippen molar-refractivity contribution in [3.8, 4) is 6.01 Å². The van der Waals surface area contributed by atoms with Gasteiger partial charge in [-0.05, 0) is 56.3 Å². The lowest BCUT2D eigenvalue weighted by Crippen LogP contribution is -2.36. The van der Waals surface area contributed by atoms with E-state index in [1.54, 1.807) is 4.52 Å². The van der Waals surface area contributed by atoms with Gasteiger partial charge in [0.25, 0.3) is 0 Å². The van der Waals surface area contributed by atoms with Crippen LogP contribution in [-0.4, -0.2) is 56.6 Å². The number of likely N-dealkylation sites (tertiary alicyclic amines) is 1. The Morgan fingerprint density at radius 3 is 2.75 bits per heavy atom. The molecule has 1 amide bonds. The van der Waals surface area contributed by atoms with Crippen molar-refractivity contribution < 1.29 is 9.53 Å². The number of anilines is 2. The number of amides is 1. The third-order valence-electron chi connectivity index (χ3n) is 6.03. The fraction of sp³-hybridized carbons (Fsp3) is 0.478. The number of carbonyl (C=O) groups is 1. The van der Waals surface area contributed by atoms with Crippen molar-refractivity contribution in [1.82, 2.24) is 24.5 Å². The van der Waals surface area contributed by atoms with Gasteiger partial charge in [0.2, 0.25) is 11.9 Å². The van der Waals surface area contributed by atoms with E-state index in [1.807, 2.05) is 30.5 Å². The summed E-state index contributed by atoms with van der Waals surface area (Å²) in [5.41, 5.74) is 3.78. The number of nitrogens with one attached hydrogen (secondary N) is 2. The van der Waals surface area contributed by atoms with Gasteiger partial charge in [-0.15, -0.1) is 0 Å². The van der Waals surface area contributed by atoms with Crippen LogP contribution in [0.1, 0.15) is 49.7 Å². The first kappa shape index (κ1) is 20.7. The lowest BCUT2D eigenvalue weighted by molar-refractivity contribution is -0.114. The number of nitrogens with zero attached hydrogens (tertiary/aromatic N) is 5. The molecular formula is C23H29N7O2. The van der Waals surface area contributed by atoms with Crippen molar-refractivity contribution in [3.63, 3.8) is 0 Å². The molecule has 1 aliphatic carbocycles. The maximum absolute atomic E-state index is 11.4. The van der Waals surface area contributed by atoms with Crippen molar-refractivity contribution in [1.29, 1.82) is 0 Å². The zero-order valence-corrected chi connectivity index (χ0v) is 18.5. The van der Waals surface area contributed by atoms with Crippen LogP contribution in [0.25, 0.3) is 5.65 Å². The van der Waals surface area contributed by atoms with Gasteiger partial charge in [-0.3, -0.25) is 4.79 Å². The fourth-order valence-corrected chi connectivity index (χ4v) is 4.12. The summed E-state index contributed by atoms with van der Waals surface area (Å²) in [6.45, 7) is 4.07. The quantitative estimate of drug-likeness (QED) is 0.589. The first-order chi connectivity index (χ1) is 15.5. The molecule has 9 heteroatoms. The zero-order chi connectivity index (χ0) is 22.1. The van der Waals surface area contributed by atoms with Gasteiger partial charge in [0.15, 0.2) is 5.65 Å². The van der Waals surface area contributed by atoms with E-state index < -0.39 is 0 Å². The Kier molecular flexibility index (Phi) is 5.65. The summed E-state index contributed by atoms with van der Waals surface area (Å²) in [7, 11) is 2.13. The van der Waals surface area contributed by atoms with Crippen molar-refractivity contribution in [2.45, 2.75) is 51.2 Å². The summed E-state index contributed by atoms with van der Waals surface area (Å²) in [5.74, 6) is 1.04. The third-order valence-corrected chi connectivity index (χ3v) is 6.03. The van der Waals surface area contributed by atoms with Gasteiger partial charge < -0.3 is 20.3 Å². The SMILES string of the molecule is CC(=O)Nc1cccc(CNc2nc(OC3CCN(C)CC3)nc3c(C4CC4)cnn23)c1. The molecule has 9 nitrogen and oxygen atoms in total. The van der Waals surface area contributed by atoms with Crippen molar-refractivity contribution in [3.05, 3.63) is 41.6 Å². The molecular weight excluding hydrogens is 406 g/mol. The molecule has 0 bridgehead atoms. The highest BCUT2D eigenvalue weighted by Gasteiger charge is 2.29. The van der Waals surface area contributed by atoms with Crippen molar-refractivity contribution in [2.75, 3.05) is 30.8 Å². The molecule has 3 aromatic rings. The van der Waals surface area contributed by atoms with E-state index in [4.69, 9.17) is 9.72 Å². The van der Waals surface area contributed by atoms with Gasteiger partial charge in [0, 0.05) is 37.8 Å². The van der Waals surface area contributed by atoms with Crippen LogP contribution in [0.5, 0.6) is 6.01 Å². The lowest BCUT2D eigenvalue weighted by atomic mass is 10.1. The topological polar surface area (TPSA) is 96.7 Å². The second-order valence-corrected chi connectivity index (χ2v) is 8.79. The van der Waals surface area contributed by atoms with E-state index in [2.05, 4.69) is 32.7 Å². The van der Waals surface area contributed by atoms with E-state index in [0.29, 0.717) is 24.4 Å². The second-order valence-electron chi connectivity index (χ2n) is 8.79. The summed E-state index contributed by atoms with van der Waals surface area (Å²) in [5, 5.41) is 10.8. The van der Waals surface area contributed by atoms with E-state index in [9.17, 15) is 4.79 Å². The van der Waals surface area contributed by atoms with Crippen LogP contribution in [0.2, 0.25) is 0 Å². The molecule has 1 aliphatic heterocycles. The first-order valence-electron chi connectivity index (χ1n) is 11.3. The van der Waals surface area contributed by atoms with Crippen molar-refractivity contribution in [2.24, 2.45) is 0 Å². The van der Waals surface area contributed by atoms with Crippen molar-refractivity contribution >= 4 is 23.2 Å². The van der Waals surface area contributed by atoms with E-state index >= 15 is 0 Å². The Labute approximate surface area is 187 Å². The van der Waals surface area contributed by atoms with Crippen LogP contribution in [0.3, 0.4) is 0 Å². The Bertz CT molecular complexity index is 1120. The maximum atomic E-state index is 11.4. The molecule has 0 atom stereocenters. The van der Waals surface area contributed by atoms with Gasteiger partial charge in [-0.25, -0.2) is 0 Å². The molecule has 1 saturated carbocycles. The summed E-state index contributed by atoms with van der Waals surface area (Å²) in [6, 6.07) is 8.15. The highest BCUT2D eigenvalue weighted by molar-refractivity contribution is 5.88. The Morgan fingerprint density at radius 1 is 1.19 bits per heavy atom. The summed E-state index contributed by atoms with van der Waals surface area (Å²) < 4.78 is 7.99. The molecule has 2 aliphatic rings. The number of fused-ring (bicyclic) bond motifs is 1. The molecule has 3 heterocycles. The molecule has 32 heavy (non-hydrogen) atoms. The first-order valence-corrected chi connectivity index (χ1v) is 11.3. The predicted molar refractivity (Wildman–Crippen MR) is 122 cm³/mol. The van der Waals surface area contributed by atoms with Gasteiger partial charge >= 0.3 is 6.01 Å². The van der Waals surface area contributed by atoms with Gasteiger partial charge in [0.05, 0.1) is 6.20 Å². The van der Waals surface area contributed by atoms with Gasteiger partial charge in [-0.1, -0.05) is 12.1 Å². The Balaban J connectivity index is 1.39. The van der Waals surface area contributed by atoms with E-state index in [1.165, 1.54) is 19.8 Å². The monoisotopic (exact) mass is 435 g/mol. The Morgan fingerprint density at radius 2 is 2.00 bits per heavy atom. The minimum atomic E-state index is -0.0903. The van der Waals surface area contributed by atoms with E-state index in [0.717, 1.165) is 48.4 Å². The normalized spacial score (nSPS) is 17.4. The number of rotatable bonds is 7. The van der Waals surface area contributed by atoms with Gasteiger partial charge in [-0.2, -0.15) is 19.6 Å². The number of aromatic nitrogens is 4. The molecule has 1 saturated heterocycles. The van der Waals surface area contributed by atoms with Crippen LogP contribution in [0, 0.1) is 0 Å². The predicted octanol–water partition coefficient (Wildman–Crippen LogP) is 3.05. The molecule has 2 aromatic heterocycles. The average Bonchev–Trinajstić information content (AvgIpc) is 3.52. The molecule has 168 valence electrons. The number of hydrogen-bond donors (Lipinski definition) is 2. The molecule has 0 spiro atoms. The number of carbonyl (C=O) groups excluding carboxylic acids is 1. The molecule has 5 rings (SSSR count). The van der Waals surface area contributed by atoms with Crippen LogP contribution in [0.4, 0.5) is 11.6 Å². The number of hydrogen-bond acceptors (Lipinski definition) is 7. The van der Waals surface area contributed by atoms with Gasteiger partial charge in [0.1, 0.15) is 6.10 Å². The minimum Gasteiger partial charge on any atom is -0.460 e.